The molecule has 1 aliphatic rings. The number of nitrogens with zero attached hydrogens (tertiary/aromatic N) is 4. The second kappa shape index (κ2) is 6.93. The molecule has 2 aromatic heterocycles. The topological polar surface area (TPSA) is 63.6 Å². The molecular weight excluding hydrogens is 334 g/mol. The van der Waals surface area contributed by atoms with Crippen molar-refractivity contribution in [3.05, 3.63) is 46.1 Å². The van der Waals surface area contributed by atoms with Crippen LogP contribution in [0.1, 0.15) is 86.9 Å². The van der Waals surface area contributed by atoms with Gasteiger partial charge in [0.15, 0.2) is 0 Å². The van der Waals surface area contributed by atoms with Crippen LogP contribution in [0.25, 0.3) is 0 Å². The first kappa shape index (κ1) is 19.9. The van der Waals surface area contributed by atoms with Gasteiger partial charge in [-0.2, -0.15) is 0 Å². The summed E-state index contributed by atoms with van der Waals surface area (Å²) in [6.07, 6.45) is 4.10. The van der Waals surface area contributed by atoms with Gasteiger partial charge < -0.3 is 5.32 Å². The van der Waals surface area contributed by atoms with E-state index in [4.69, 9.17) is 9.97 Å². The lowest BCUT2D eigenvalue weighted by molar-refractivity contribution is 0.250. The molecule has 27 heavy (non-hydrogen) atoms. The summed E-state index contributed by atoms with van der Waals surface area (Å²) in [4.78, 5) is 19.0. The molecule has 146 valence electrons. The predicted molar refractivity (Wildman–Crippen MR) is 109 cm³/mol. The van der Waals surface area contributed by atoms with Gasteiger partial charge in [-0.05, 0) is 39.0 Å². The number of hydrogen-bond donors (Lipinski definition) is 1. The summed E-state index contributed by atoms with van der Waals surface area (Å²) in [7, 11) is 0. The van der Waals surface area contributed by atoms with Gasteiger partial charge in [0, 0.05) is 35.5 Å². The third-order valence-electron chi connectivity index (χ3n) is 5.44. The van der Waals surface area contributed by atoms with Gasteiger partial charge >= 0.3 is 0 Å². The van der Waals surface area contributed by atoms with E-state index in [1.165, 1.54) is 11.3 Å². The van der Waals surface area contributed by atoms with Crippen molar-refractivity contribution in [3.8, 4) is 0 Å². The molecule has 2 heterocycles. The summed E-state index contributed by atoms with van der Waals surface area (Å²) in [5, 5.41) is 3.71. The zero-order valence-corrected chi connectivity index (χ0v) is 18.1. The molecule has 0 saturated carbocycles. The van der Waals surface area contributed by atoms with Crippen LogP contribution in [-0.2, 0) is 18.4 Å². The number of aryl methyl sites for hydroxylation is 3. The second-order valence-corrected chi connectivity index (χ2v) is 9.75. The van der Waals surface area contributed by atoms with Crippen molar-refractivity contribution < 1.29 is 0 Å². The minimum atomic E-state index is -0.0360. The normalized spacial score (nSPS) is 19.0. The van der Waals surface area contributed by atoms with Crippen molar-refractivity contribution in [1.29, 1.82) is 0 Å². The van der Waals surface area contributed by atoms with Crippen LogP contribution in [0.4, 0.5) is 0 Å². The Kier molecular flexibility index (Phi) is 5.10. The Hall–Kier alpha value is -1.88. The monoisotopic (exact) mass is 367 g/mol. The molecule has 1 atom stereocenters. The highest BCUT2D eigenvalue weighted by Crippen LogP contribution is 2.40. The quantitative estimate of drug-likeness (QED) is 0.876. The van der Waals surface area contributed by atoms with Gasteiger partial charge in [0.25, 0.3) is 0 Å². The first-order valence-electron chi connectivity index (χ1n) is 9.87. The molecule has 2 aromatic rings. The van der Waals surface area contributed by atoms with Gasteiger partial charge in [-0.25, -0.2) is 9.97 Å². The van der Waals surface area contributed by atoms with Crippen molar-refractivity contribution in [2.24, 2.45) is 5.41 Å². The summed E-state index contributed by atoms with van der Waals surface area (Å²) >= 11 is 0. The molecule has 1 aliphatic carbocycles. The van der Waals surface area contributed by atoms with Gasteiger partial charge in [0.05, 0.1) is 22.8 Å². The maximum absolute atomic E-state index is 4.95. The third-order valence-corrected chi connectivity index (χ3v) is 5.44. The standard InChI is InChI=1S/C22H33N5/c1-13-14(2)26-19(15(3)25-13)12-23-17-9-22(7,8)10-18-16(17)11-24-20(27-18)21(4,5)6/h11,17,23H,9-10,12H2,1-8H3/t17-/m0/s1. The van der Waals surface area contributed by atoms with E-state index in [2.05, 4.69) is 49.9 Å². The zero-order valence-electron chi connectivity index (χ0n) is 18.1. The molecule has 0 unspecified atom stereocenters. The molecule has 0 bridgehead atoms. The Balaban J connectivity index is 1.88. The van der Waals surface area contributed by atoms with E-state index in [1.807, 2.05) is 27.0 Å². The Morgan fingerprint density at radius 2 is 1.70 bits per heavy atom. The van der Waals surface area contributed by atoms with Crippen molar-refractivity contribution >= 4 is 0 Å². The Labute approximate surface area is 163 Å². The van der Waals surface area contributed by atoms with Crippen LogP contribution in [0.3, 0.4) is 0 Å². The molecule has 0 saturated heterocycles. The Morgan fingerprint density at radius 1 is 1.04 bits per heavy atom. The molecule has 0 fully saturated rings. The number of rotatable bonds is 3. The Bertz CT molecular complexity index is 849. The van der Waals surface area contributed by atoms with E-state index in [1.54, 1.807) is 0 Å². The average molecular weight is 368 g/mol. The van der Waals surface area contributed by atoms with E-state index >= 15 is 0 Å². The maximum Gasteiger partial charge on any atom is 0.133 e. The lowest BCUT2D eigenvalue weighted by Crippen LogP contribution is -2.35. The van der Waals surface area contributed by atoms with Gasteiger partial charge in [-0.3, -0.25) is 9.97 Å². The highest BCUT2D eigenvalue weighted by Gasteiger charge is 2.34. The van der Waals surface area contributed by atoms with E-state index < -0.39 is 0 Å². The molecule has 0 aromatic carbocycles. The van der Waals surface area contributed by atoms with Crippen LogP contribution >= 0.6 is 0 Å². The van der Waals surface area contributed by atoms with Crippen LogP contribution < -0.4 is 5.32 Å². The highest BCUT2D eigenvalue weighted by atomic mass is 15.0. The number of nitrogens with one attached hydrogen (secondary N) is 1. The molecule has 3 rings (SSSR count). The summed E-state index contributed by atoms with van der Waals surface area (Å²) < 4.78 is 0. The molecular formula is C22H33N5. The number of aromatic nitrogens is 4. The lowest BCUT2D eigenvalue weighted by atomic mass is 9.74. The van der Waals surface area contributed by atoms with Crippen LogP contribution in [0.5, 0.6) is 0 Å². The second-order valence-electron chi connectivity index (χ2n) is 9.75. The zero-order chi connectivity index (χ0) is 20.0. The number of fused-ring (bicyclic) bond motifs is 1. The van der Waals surface area contributed by atoms with Crippen LogP contribution in [0, 0.1) is 26.2 Å². The molecule has 5 heteroatoms. The Morgan fingerprint density at radius 3 is 2.37 bits per heavy atom. The largest absolute Gasteiger partial charge is 0.304 e. The summed E-state index contributed by atoms with van der Waals surface area (Å²) in [6, 6.07) is 0.237. The molecule has 0 spiro atoms. The molecule has 5 nitrogen and oxygen atoms in total. The van der Waals surface area contributed by atoms with Gasteiger partial charge in [-0.1, -0.05) is 34.6 Å². The SMILES string of the molecule is Cc1nc(C)c(CN[C@H]2CC(C)(C)Cc3nc(C(C)(C)C)ncc32)nc1C. The number of hydrogen-bond acceptors (Lipinski definition) is 5. The smallest absolute Gasteiger partial charge is 0.133 e. The van der Waals surface area contributed by atoms with E-state index in [9.17, 15) is 0 Å². The van der Waals surface area contributed by atoms with E-state index in [-0.39, 0.29) is 16.9 Å². The van der Waals surface area contributed by atoms with E-state index in [0.29, 0.717) is 6.54 Å². The van der Waals surface area contributed by atoms with Crippen molar-refractivity contribution in [3.63, 3.8) is 0 Å². The highest BCUT2D eigenvalue weighted by molar-refractivity contribution is 5.28. The summed E-state index contributed by atoms with van der Waals surface area (Å²) in [5.74, 6) is 0.925. The van der Waals surface area contributed by atoms with Crippen LogP contribution in [0.15, 0.2) is 6.20 Å². The average Bonchev–Trinajstić information content (AvgIpc) is 2.54. The fraction of sp³-hybridized carbons (Fsp3) is 0.636. The predicted octanol–water partition coefficient (Wildman–Crippen LogP) is 4.29. The third kappa shape index (κ3) is 4.34. The fourth-order valence-corrected chi connectivity index (χ4v) is 3.74. The van der Waals surface area contributed by atoms with Crippen molar-refractivity contribution in [1.82, 2.24) is 25.3 Å². The van der Waals surface area contributed by atoms with Crippen LogP contribution in [-0.4, -0.2) is 19.9 Å². The molecule has 0 radical (unpaired) electrons. The lowest BCUT2D eigenvalue weighted by Gasteiger charge is -2.37. The first-order chi connectivity index (χ1) is 12.5. The van der Waals surface area contributed by atoms with Crippen molar-refractivity contribution in [2.75, 3.05) is 0 Å². The molecule has 0 amide bonds. The minimum absolute atomic E-state index is 0.0360. The summed E-state index contributed by atoms with van der Waals surface area (Å²) in [5.41, 5.74) is 6.62. The summed E-state index contributed by atoms with van der Waals surface area (Å²) in [6.45, 7) is 17.9. The van der Waals surface area contributed by atoms with Crippen LogP contribution in [0.2, 0.25) is 0 Å². The van der Waals surface area contributed by atoms with Gasteiger partial charge in [-0.15, -0.1) is 0 Å². The minimum Gasteiger partial charge on any atom is -0.304 e. The first-order valence-corrected chi connectivity index (χ1v) is 9.87. The van der Waals surface area contributed by atoms with Crippen molar-refractivity contribution in [2.45, 2.75) is 86.2 Å². The van der Waals surface area contributed by atoms with Gasteiger partial charge in [0.2, 0.25) is 0 Å². The maximum atomic E-state index is 4.95. The van der Waals surface area contributed by atoms with Gasteiger partial charge in [0.1, 0.15) is 5.82 Å². The molecule has 1 N–H and O–H groups in total. The molecule has 0 aliphatic heterocycles. The fourth-order valence-electron chi connectivity index (χ4n) is 3.74. The van der Waals surface area contributed by atoms with E-state index in [0.717, 1.165) is 41.4 Å².